The molecular formula is C47H63F22N7O6. The van der Waals surface area contributed by atoms with Crippen LogP contribution < -0.4 is 10.6 Å². The van der Waals surface area contributed by atoms with Crippen LogP contribution in [-0.4, -0.2) is 103 Å². The molecule has 3 aliphatic rings. The van der Waals surface area contributed by atoms with E-state index in [1.807, 2.05) is 38.8 Å². The van der Waals surface area contributed by atoms with Gasteiger partial charge in [0.25, 0.3) is 0 Å². The minimum Gasteiger partial charge on any atom is -0.383 e. The van der Waals surface area contributed by atoms with Gasteiger partial charge in [-0.25, -0.2) is 4.98 Å². The topological polar surface area (TPSA) is 180 Å². The molecule has 0 aliphatic carbocycles. The minimum atomic E-state index is -1.18. The molecule has 4 amide bonds. The largest absolute Gasteiger partial charge is 0.383 e. The van der Waals surface area contributed by atoms with Gasteiger partial charge in [0, 0.05) is 132 Å². The fraction of sp³-hybridized carbons (Fsp3) is 0.532. The van der Waals surface area contributed by atoms with Gasteiger partial charge in [-0.3, -0.25) is 24.2 Å². The first-order valence-electron chi connectivity index (χ1n) is 23.2. The number of aromatic nitrogens is 2. The lowest BCUT2D eigenvalue weighted by Crippen LogP contribution is -2.55. The van der Waals surface area contributed by atoms with Crippen molar-refractivity contribution in [2.24, 2.45) is 28.7 Å². The first-order chi connectivity index (χ1) is 39.5. The average Bonchev–Trinajstić information content (AvgIpc) is 4.44. The number of H-pyrrole nitrogens is 1. The van der Waals surface area contributed by atoms with Crippen LogP contribution in [0.5, 0.6) is 0 Å². The van der Waals surface area contributed by atoms with E-state index in [0.717, 1.165) is 64.9 Å². The van der Waals surface area contributed by atoms with Gasteiger partial charge in [0.15, 0.2) is 0 Å². The van der Waals surface area contributed by atoms with Gasteiger partial charge in [-0.1, -0.05) is 104 Å². The number of benzene rings is 2. The predicted molar refractivity (Wildman–Crippen MR) is 258 cm³/mol. The Morgan fingerprint density at radius 1 is 0.500 bits per heavy atom. The summed E-state index contributed by atoms with van der Waals surface area (Å²) in [7, 11) is 0. The number of aromatic amines is 1. The zero-order chi connectivity index (χ0) is 65.4. The predicted octanol–water partition coefficient (Wildman–Crippen LogP) is 15.1. The van der Waals surface area contributed by atoms with Gasteiger partial charge in [0.2, 0.25) is 23.6 Å². The van der Waals surface area contributed by atoms with E-state index in [1.54, 1.807) is 38.8 Å². The molecule has 6 atom stereocenters. The number of hydrogen-bond donors (Lipinski definition) is 5. The number of nitrogens with zero attached hydrogens (tertiary/aromatic N) is 4. The zero-order valence-corrected chi connectivity index (χ0v) is 44.6. The molecule has 3 aromatic rings. The summed E-state index contributed by atoms with van der Waals surface area (Å²) in [6, 6.07) is 14.8. The molecule has 6 rings (SSSR count). The number of halogens is 22. The molecular weight excluding hydrogens is 1180 g/mol. The lowest BCUT2D eigenvalue weighted by molar-refractivity contribution is -0.141. The SMILES string of the molecule is CC(C)[C@H](NC(=O)[C@H](O)C(C)C)C(=O)N1CCCC1c1ncc(-c2ccc(-c3ccc(C4=CN=C([C@@H]5CCCN5C(=O)[C@@H](NC(=O)[C@H](O)C(C)C)C(C)C)C4)cc3)cc2)[nH]1.FF.FF.FF.FF.FF.FF.FF.FF.FF.FF.FF. The molecule has 0 radical (unpaired) electrons. The highest BCUT2D eigenvalue weighted by Crippen LogP contribution is 2.35. The first-order valence-corrected chi connectivity index (χ1v) is 23.2. The quantitative estimate of drug-likeness (QED) is 0.0939. The Kier molecular flexibility index (Phi) is 55.3. The Hall–Kier alpha value is -6.68. The molecule has 0 saturated carbocycles. The molecule has 35 heteroatoms. The van der Waals surface area contributed by atoms with Gasteiger partial charge < -0.3 is 35.6 Å². The second-order valence-corrected chi connectivity index (χ2v) is 18.0. The maximum Gasteiger partial charge on any atom is 0.249 e. The third kappa shape index (κ3) is 26.9. The Morgan fingerprint density at radius 2 is 0.829 bits per heavy atom. The maximum absolute atomic E-state index is 13.8. The van der Waals surface area contributed by atoms with Crippen molar-refractivity contribution >= 4 is 34.9 Å². The second-order valence-electron chi connectivity index (χ2n) is 18.0. The van der Waals surface area contributed by atoms with E-state index < -0.39 is 36.1 Å². The number of likely N-dealkylation sites (tertiary alicyclic amines) is 2. The molecule has 1 aromatic heterocycles. The third-order valence-corrected chi connectivity index (χ3v) is 12.2. The van der Waals surface area contributed by atoms with Crippen molar-refractivity contribution in [1.82, 2.24) is 30.4 Å². The number of nitrogens with one attached hydrogen (secondary N) is 3. The minimum absolute atomic E-state index is 0.133. The third-order valence-electron chi connectivity index (χ3n) is 12.2. The maximum atomic E-state index is 13.8. The summed E-state index contributed by atoms with van der Waals surface area (Å²) in [6.45, 7) is 15.8. The van der Waals surface area contributed by atoms with E-state index >= 15 is 0 Å². The number of amides is 4. The lowest BCUT2D eigenvalue weighted by Gasteiger charge is -2.32. The van der Waals surface area contributed by atoms with E-state index in [0.29, 0.717) is 25.3 Å². The number of hydrogen-bond acceptors (Lipinski definition) is 8. The lowest BCUT2D eigenvalue weighted by atomic mass is 9.95. The number of aliphatic imine (C=N–C) groups is 1. The molecule has 2 fully saturated rings. The van der Waals surface area contributed by atoms with E-state index in [1.165, 1.54) is 0 Å². The van der Waals surface area contributed by atoms with Crippen LogP contribution in [0.2, 0.25) is 0 Å². The normalized spacial score (nSPS) is 15.5. The van der Waals surface area contributed by atoms with E-state index in [4.69, 9.17) is 111 Å². The van der Waals surface area contributed by atoms with Crippen LogP contribution >= 0.6 is 0 Å². The monoisotopic (exact) mass is 1240 g/mol. The summed E-state index contributed by atoms with van der Waals surface area (Å²) in [6.07, 6.45) is 5.25. The highest BCUT2D eigenvalue weighted by atomic mass is 20.0. The fourth-order valence-corrected chi connectivity index (χ4v) is 8.36. The molecule has 0 spiro atoms. The number of allylic oxidation sites excluding steroid dienone is 1. The van der Waals surface area contributed by atoms with E-state index in [2.05, 4.69) is 64.1 Å². The summed E-state index contributed by atoms with van der Waals surface area (Å²) >= 11 is 0. The number of carbonyl (C=O) groups excluding carboxylic acids is 4. The highest BCUT2D eigenvalue weighted by molar-refractivity contribution is 6.04. The summed E-state index contributed by atoms with van der Waals surface area (Å²) in [5, 5.41) is 26.2. The first kappa shape index (κ1) is 86.6. The van der Waals surface area contributed by atoms with Crippen molar-refractivity contribution in [3.63, 3.8) is 0 Å². The van der Waals surface area contributed by atoms with Gasteiger partial charge in [0.1, 0.15) is 30.1 Å². The molecule has 4 heterocycles. The number of imidazole rings is 1. The fourth-order valence-electron chi connectivity index (χ4n) is 8.36. The summed E-state index contributed by atoms with van der Waals surface area (Å²) < 4.78 is 176. The van der Waals surface area contributed by atoms with Crippen LogP contribution in [0.3, 0.4) is 0 Å². The molecule has 13 nitrogen and oxygen atoms in total. The van der Waals surface area contributed by atoms with Crippen molar-refractivity contribution in [3.8, 4) is 22.4 Å². The van der Waals surface area contributed by atoms with Crippen LogP contribution in [0.25, 0.3) is 28.0 Å². The molecule has 2 aromatic carbocycles. The van der Waals surface area contributed by atoms with Crippen molar-refractivity contribution in [1.29, 1.82) is 0 Å². The number of aliphatic hydroxyl groups excluding tert-OH is 2. The van der Waals surface area contributed by atoms with Crippen LogP contribution in [0, 0.1) is 23.7 Å². The van der Waals surface area contributed by atoms with Crippen molar-refractivity contribution in [3.05, 3.63) is 72.3 Å². The second kappa shape index (κ2) is 52.4. The number of rotatable bonds is 15. The van der Waals surface area contributed by atoms with Gasteiger partial charge in [-0.05, 0) is 77.2 Å². The summed E-state index contributed by atoms with van der Waals surface area (Å²) in [4.78, 5) is 69.6. The van der Waals surface area contributed by atoms with Crippen molar-refractivity contribution in [2.75, 3.05) is 13.1 Å². The van der Waals surface area contributed by atoms with Gasteiger partial charge in [-0.15, -0.1) is 0 Å². The van der Waals surface area contributed by atoms with Crippen LogP contribution in [0.4, 0.5) is 101 Å². The van der Waals surface area contributed by atoms with Crippen LogP contribution in [0.1, 0.15) is 105 Å². The molecule has 0 bridgehead atoms. The molecule has 1 unspecified atom stereocenters. The highest BCUT2D eigenvalue weighted by Gasteiger charge is 2.40. The zero-order valence-electron chi connectivity index (χ0n) is 44.6. The van der Waals surface area contributed by atoms with E-state index in [-0.39, 0.29) is 47.6 Å². The number of carbonyl (C=O) groups is 4. The molecule has 5 N–H and O–H groups in total. The Morgan fingerprint density at radius 3 is 1.18 bits per heavy atom. The standard InChI is InChI=1S/C47H63N7O6.11F2/c1-26(2)39(51-44(57)41(55)28(5)6)46(59)53-21-9-11-37(53)35-23-34(24-48-35)32-15-13-30(14-16-32)31-17-19-33(20-18-31)36-25-49-43(50-36)38-12-10-22-54(38)47(60)40(27(3)4)52-45(58)42(56)29(7)8;11*1-2/h13-20,24-29,37-42,55-56H,9-12,21-23H2,1-8H3,(H,49,50)(H,51,57)(H,52,58);;;;;;;;;;;/t37-,38?,39-,40-,41+,42+;;;;;;;;;;;/m0.........../s1. The molecule has 82 heavy (non-hydrogen) atoms. The molecule has 3 aliphatic heterocycles. The smallest absolute Gasteiger partial charge is 0.249 e. The Balaban J connectivity index is -0.000000587. The van der Waals surface area contributed by atoms with E-state index in [9.17, 15) is 29.4 Å². The molecule has 476 valence electrons. The summed E-state index contributed by atoms with van der Waals surface area (Å²) in [5.41, 5.74) is 7.06. The Bertz CT molecular complexity index is 2140. The number of aliphatic hydroxyl groups is 2. The van der Waals surface area contributed by atoms with Gasteiger partial charge in [0.05, 0.1) is 24.0 Å². The van der Waals surface area contributed by atoms with Crippen molar-refractivity contribution in [2.45, 2.75) is 124 Å². The summed E-state index contributed by atoms with van der Waals surface area (Å²) in [5.74, 6) is -1.45. The average molecular weight is 1240 g/mol. The van der Waals surface area contributed by atoms with Crippen molar-refractivity contribution < 1.29 is 130 Å². The Labute approximate surface area is 455 Å². The van der Waals surface area contributed by atoms with Crippen LogP contribution in [-0.2, 0) is 19.2 Å². The molecule has 2 saturated heterocycles. The van der Waals surface area contributed by atoms with Crippen LogP contribution in [0.15, 0.2) is 65.9 Å². The van der Waals surface area contributed by atoms with Gasteiger partial charge in [-0.2, -0.15) is 0 Å². The van der Waals surface area contributed by atoms with Gasteiger partial charge >= 0.3 is 0 Å².